The van der Waals surface area contributed by atoms with Crippen LogP contribution in [-0.2, 0) is 0 Å². The number of aliphatic hydroxyl groups excluding tert-OH is 1. The van der Waals surface area contributed by atoms with Gasteiger partial charge >= 0.3 is 5.97 Å². The molecule has 0 saturated heterocycles. The van der Waals surface area contributed by atoms with Crippen molar-refractivity contribution < 1.29 is 34.0 Å². The van der Waals surface area contributed by atoms with E-state index in [1.165, 1.54) is 243 Å². The summed E-state index contributed by atoms with van der Waals surface area (Å²) in [6.45, 7) is 8.61. The first-order valence-corrected chi connectivity index (χ1v) is 33.6. The molecule has 4 rings (SSSR count). The molecular formula is C72H114N2O7. The van der Waals surface area contributed by atoms with Gasteiger partial charge in [0.15, 0.2) is 11.5 Å². The first-order valence-electron chi connectivity index (χ1n) is 33.6. The summed E-state index contributed by atoms with van der Waals surface area (Å²) in [5.41, 5.74) is 3.67. The van der Waals surface area contributed by atoms with Crippen LogP contribution in [0.4, 0.5) is 0 Å². The molecule has 2 aromatic heterocycles. The third-order valence-corrected chi connectivity index (χ3v) is 16.2. The summed E-state index contributed by atoms with van der Waals surface area (Å²) >= 11 is 0. The second-order valence-corrected chi connectivity index (χ2v) is 23.5. The highest BCUT2D eigenvalue weighted by atomic mass is 16.5. The van der Waals surface area contributed by atoms with Crippen molar-refractivity contribution in [3.05, 3.63) is 83.7 Å². The summed E-state index contributed by atoms with van der Waals surface area (Å²) in [6, 6.07) is 17.7. The fourth-order valence-electron chi connectivity index (χ4n) is 11.0. The van der Waals surface area contributed by atoms with Gasteiger partial charge in [0.25, 0.3) is 0 Å². The van der Waals surface area contributed by atoms with E-state index in [4.69, 9.17) is 14.2 Å². The number of carbonyl (C=O) groups excluding carboxylic acids is 1. The third-order valence-electron chi connectivity index (χ3n) is 16.2. The van der Waals surface area contributed by atoms with Gasteiger partial charge in [0.2, 0.25) is 11.5 Å². The van der Waals surface area contributed by atoms with E-state index in [2.05, 4.69) is 30.7 Å². The zero-order valence-corrected chi connectivity index (χ0v) is 51.6. The van der Waals surface area contributed by atoms with Gasteiger partial charge in [0.05, 0.1) is 36.8 Å². The van der Waals surface area contributed by atoms with Gasteiger partial charge in [0, 0.05) is 23.0 Å². The average molecular weight is 1120 g/mol. The second kappa shape index (κ2) is 45.6. The molecule has 0 fully saturated rings. The minimum Gasteiger partial charge on any atom is -0.506 e. The number of aromatic carboxylic acids is 1. The van der Waals surface area contributed by atoms with E-state index in [-0.39, 0.29) is 17.1 Å². The average Bonchev–Trinajstić information content (AvgIpc) is 4.38. The van der Waals surface area contributed by atoms with Crippen molar-refractivity contribution in [2.75, 3.05) is 19.8 Å². The van der Waals surface area contributed by atoms with Gasteiger partial charge in [-0.05, 0) is 73.4 Å². The first kappa shape index (κ1) is 68.6. The summed E-state index contributed by atoms with van der Waals surface area (Å²) in [6.07, 6.45) is 55.9. The molecule has 9 nitrogen and oxygen atoms in total. The fraction of sp³-hybridized carbons (Fsp3) is 0.667. The largest absolute Gasteiger partial charge is 0.506 e. The number of carboxylic acids is 1. The molecule has 0 unspecified atom stereocenters. The molecule has 4 aromatic rings. The van der Waals surface area contributed by atoms with Crippen LogP contribution in [0.5, 0.6) is 17.2 Å². The van der Waals surface area contributed by atoms with E-state index in [1.807, 2.05) is 18.2 Å². The van der Waals surface area contributed by atoms with E-state index >= 15 is 0 Å². The Morgan fingerprint density at radius 3 is 1.10 bits per heavy atom. The SMILES string of the molecule is CCCCCCCCCCCCCCCCOc1cc(-c2ccc(C(=O)/C=C(/O)c3ccc(-c4cccc(C(=O)O)c4)[nH]3)[nH]2)cc(OCCCCCCCCCCCCCCCC)c1OCCCCCCCCCCCCCCCC. The molecule has 2 aromatic carbocycles. The smallest absolute Gasteiger partial charge is 0.335 e. The summed E-state index contributed by atoms with van der Waals surface area (Å²) in [5.74, 6) is 0.365. The maximum absolute atomic E-state index is 13.7. The number of H-pyrrole nitrogens is 2. The Balaban J connectivity index is 1.41. The van der Waals surface area contributed by atoms with Crippen LogP contribution >= 0.6 is 0 Å². The minimum atomic E-state index is -1.02. The highest BCUT2D eigenvalue weighted by molar-refractivity contribution is 6.07. The fourth-order valence-corrected chi connectivity index (χ4v) is 11.0. The number of carbonyl (C=O) groups is 2. The Kier molecular flexibility index (Phi) is 38.6. The molecule has 0 saturated carbocycles. The van der Waals surface area contributed by atoms with Gasteiger partial charge in [-0.1, -0.05) is 283 Å². The molecule has 0 bridgehead atoms. The van der Waals surface area contributed by atoms with Gasteiger partial charge in [-0.2, -0.15) is 0 Å². The maximum atomic E-state index is 13.7. The van der Waals surface area contributed by atoms with Crippen LogP contribution in [0.2, 0.25) is 0 Å². The highest BCUT2D eigenvalue weighted by Crippen LogP contribution is 2.42. The Labute approximate surface area is 493 Å². The Hall–Kier alpha value is -4.92. The van der Waals surface area contributed by atoms with E-state index in [0.29, 0.717) is 59.7 Å². The number of allylic oxidation sites excluding steroid dienone is 1. The molecule has 4 N–H and O–H groups in total. The van der Waals surface area contributed by atoms with Crippen molar-refractivity contribution in [2.24, 2.45) is 0 Å². The third kappa shape index (κ3) is 30.8. The number of hydrogen-bond donors (Lipinski definition) is 4. The molecule has 2 heterocycles. The number of aromatic amines is 2. The number of benzene rings is 2. The topological polar surface area (TPSA) is 134 Å². The van der Waals surface area contributed by atoms with Crippen LogP contribution in [0.1, 0.15) is 317 Å². The van der Waals surface area contributed by atoms with Crippen molar-refractivity contribution in [3.8, 4) is 39.8 Å². The number of ketones is 1. The molecule has 0 amide bonds. The zero-order chi connectivity index (χ0) is 57.6. The lowest BCUT2D eigenvalue weighted by atomic mass is 10.0. The van der Waals surface area contributed by atoms with Gasteiger partial charge < -0.3 is 34.4 Å². The van der Waals surface area contributed by atoms with Crippen molar-refractivity contribution >= 4 is 17.5 Å². The van der Waals surface area contributed by atoms with Gasteiger partial charge in [-0.25, -0.2) is 4.79 Å². The Bertz CT molecular complexity index is 2180. The number of nitrogens with one attached hydrogen (secondary N) is 2. The van der Waals surface area contributed by atoms with E-state index in [9.17, 15) is 19.8 Å². The van der Waals surface area contributed by atoms with E-state index in [0.717, 1.165) is 49.8 Å². The first-order chi connectivity index (χ1) is 39.8. The second-order valence-electron chi connectivity index (χ2n) is 23.5. The van der Waals surface area contributed by atoms with E-state index in [1.54, 1.807) is 36.4 Å². The van der Waals surface area contributed by atoms with Crippen LogP contribution in [0.15, 0.2) is 66.7 Å². The predicted molar refractivity (Wildman–Crippen MR) is 342 cm³/mol. The quantitative estimate of drug-likeness (QED) is 0.0150. The number of aliphatic hydroxyl groups is 1. The van der Waals surface area contributed by atoms with Crippen molar-refractivity contribution in [3.63, 3.8) is 0 Å². The maximum Gasteiger partial charge on any atom is 0.335 e. The lowest BCUT2D eigenvalue weighted by Crippen LogP contribution is -2.07. The van der Waals surface area contributed by atoms with Crippen molar-refractivity contribution in [1.29, 1.82) is 0 Å². The number of ether oxygens (including phenoxy) is 3. The predicted octanol–water partition coefficient (Wildman–Crippen LogP) is 22.7. The highest BCUT2D eigenvalue weighted by Gasteiger charge is 2.19. The number of unbranched alkanes of at least 4 members (excludes halogenated alkanes) is 39. The van der Waals surface area contributed by atoms with Gasteiger partial charge in [-0.3, -0.25) is 4.79 Å². The monoisotopic (exact) mass is 1120 g/mol. The number of aromatic nitrogens is 2. The van der Waals surface area contributed by atoms with Crippen LogP contribution < -0.4 is 14.2 Å². The molecule has 0 aliphatic carbocycles. The Morgan fingerprint density at radius 1 is 0.383 bits per heavy atom. The molecule has 0 spiro atoms. The molecule has 81 heavy (non-hydrogen) atoms. The number of hydrogen-bond acceptors (Lipinski definition) is 6. The van der Waals surface area contributed by atoms with Crippen molar-refractivity contribution in [2.45, 2.75) is 290 Å². The lowest BCUT2D eigenvalue weighted by Gasteiger charge is -2.19. The van der Waals surface area contributed by atoms with Gasteiger partial charge in [0.1, 0.15) is 5.76 Å². The lowest BCUT2D eigenvalue weighted by molar-refractivity contribution is 0.0696. The van der Waals surface area contributed by atoms with Crippen LogP contribution in [0, 0.1) is 0 Å². The summed E-state index contributed by atoms with van der Waals surface area (Å²) in [5, 5.41) is 20.6. The van der Waals surface area contributed by atoms with Crippen molar-refractivity contribution in [1.82, 2.24) is 9.97 Å². The molecule has 0 radical (unpaired) electrons. The summed E-state index contributed by atoms with van der Waals surface area (Å²) in [7, 11) is 0. The molecule has 0 atom stereocenters. The summed E-state index contributed by atoms with van der Waals surface area (Å²) < 4.78 is 20.1. The molecule has 9 heteroatoms. The molecule has 454 valence electrons. The van der Waals surface area contributed by atoms with Crippen LogP contribution in [0.25, 0.3) is 28.3 Å². The van der Waals surface area contributed by atoms with Gasteiger partial charge in [-0.15, -0.1) is 0 Å². The zero-order valence-electron chi connectivity index (χ0n) is 51.6. The minimum absolute atomic E-state index is 0.163. The molecular weight excluding hydrogens is 1000 g/mol. The molecule has 0 aliphatic heterocycles. The number of rotatable bonds is 54. The standard InChI is InChI=1S/C72H114N2O7/c1-4-7-10-13-16-19-22-25-28-31-34-37-40-43-53-79-69-57-62(64-50-52-66(74-64)68(76)59-67(75)65-51-49-63(73-65)60-47-46-48-61(56-60)72(77)78)58-70(80-54-44-41-38-35-32-29-26-23-20-17-14-11-8-5-2)71(69)81-55-45-42-39-36-33-30-27-24-21-18-15-12-9-6-3/h46-52,56-59,73-75H,4-45,53-55H2,1-3H3,(H,77,78)/b67-59+. The van der Waals surface area contributed by atoms with E-state index < -0.39 is 5.97 Å². The van der Waals surface area contributed by atoms with Crippen LogP contribution in [0.3, 0.4) is 0 Å². The number of carboxylic acid groups (broad SMARTS) is 1. The summed E-state index contributed by atoms with van der Waals surface area (Å²) in [4.78, 5) is 31.7. The normalized spacial score (nSPS) is 11.7. The van der Waals surface area contributed by atoms with Crippen LogP contribution in [-0.4, -0.2) is 51.8 Å². The Morgan fingerprint density at radius 2 is 0.716 bits per heavy atom. The molecule has 0 aliphatic rings.